The molecular formula is C15H16FN3O. The molecule has 2 aromatic rings. The van der Waals surface area contributed by atoms with E-state index >= 15 is 0 Å². The molecule has 104 valence electrons. The molecule has 1 saturated heterocycles. The fraction of sp³-hybridized carbons (Fsp3) is 0.333. The van der Waals surface area contributed by atoms with Crippen LogP contribution in [0.1, 0.15) is 23.8 Å². The van der Waals surface area contributed by atoms with Gasteiger partial charge in [-0.25, -0.2) is 4.39 Å². The fourth-order valence-electron chi connectivity index (χ4n) is 2.49. The monoisotopic (exact) mass is 273 g/mol. The van der Waals surface area contributed by atoms with E-state index in [4.69, 9.17) is 0 Å². The van der Waals surface area contributed by atoms with E-state index in [2.05, 4.69) is 17.1 Å². The molecule has 1 aliphatic rings. The van der Waals surface area contributed by atoms with Gasteiger partial charge in [-0.1, -0.05) is 6.92 Å². The largest absolute Gasteiger partial charge is 0.337 e. The van der Waals surface area contributed by atoms with Crippen LogP contribution >= 0.6 is 0 Å². The highest BCUT2D eigenvalue weighted by Gasteiger charge is 2.25. The molecular weight excluding hydrogens is 257 g/mol. The van der Waals surface area contributed by atoms with Crippen LogP contribution < -0.4 is 0 Å². The number of hydrogen-bond donors (Lipinski definition) is 1. The van der Waals surface area contributed by atoms with Gasteiger partial charge in [0, 0.05) is 18.7 Å². The van der Waals surface area contributed by atoms with Gasteiger partial charge >= 0.3 is 0 Å². The molecule has 3 rings (SSSR count). The number of benzene rings is 1. The maximum atomic E-state index is 12.9. The van der Waals surface area contributed by atoms with Gasteiger partial charge in [-0.15, -0.1) is 0 Å². The van der Waals surface area contributed by atoms with Crippen LogP contribution in [0.2, 0.25) is 0 Å². The highest BCUT2D eigenvalue weighted by atomic mass is 19.1. The van der Waals surface area contributed by atoms with E-state index in [0.29, 0.717) is 17.3 Å². The number of likely N-dealkylation sites (tertiary alicyclic amines) is 1. The van der Waals surface area contributed by atoms with Crippen LogP contribution in [0.4, 0.5) is 4.39 Å². The third-order valence-electron chi connectivity index (χ3n) is 3.66. The molecule has 4 nitrogen and oxygen atoms in total. The first-order valence-corrected chi connectivity index (χ1v) is 6.74. The van der Waals surface area contributed by atoms with Crippen molar-refractivity contribution in [2.75, 3.05) is 13.1 Å². The normalized spacial score (nSPS) is 18.5. The first kappa shape index (κ1) is 12.8. The van der Waals surface area contributed by atoms with E-state index in [9.17, 15) is 9.18 Å². The van der Waals surface area contributed by atoms with Crippen molar-refractivity contribution >= 4 is 5.91 Å². The summed E-state index contributed by atoms with van der Waals surface area (Å²) in [6.45, 7) is 3.73. The lowest BCUT2D eigenvalue weighted by molar-refractivity contribution is 0.0782. The summed E-state index contributed by atoms with van der Waals surface area (Å²) in [7, 11) is 0. The first-order chi connectivity index (χ1) is 9.63. The summed E-state index contributed by atoms with van der Waals surface area (Å²) in [5, 5.41) is 6.91. The minimum atomic E-state index is -0.286. The second-order valence-corrected chi connectivity index (χ2v) is 5.32. The summed E-state index contributed by atoms with van der Waals surface area (Å²) >= 11 is 0. The lowest BCUT2D eigenvalue weighted by Crippen LogP contribution is -2.28. The average molecular weight is 273 g/mol. The molecule has 1 N–H and O–H groups in total. The van der Waals surface area contributed by atoms with Crippen LogP contribution in [-0.2, 0) is 0 Å². The van der Waals surface area contributed by atoms with Crippen LogP contribution in [0, 0.1) is 11.7 Å². The Balaban J connectivity index is 1.79. The van der Waals surface area contributed by atoms with Crippen LogP contribution in [0.25, 0.3) is 11.3 Å². The summed E-state index contributed by atoms with van der Waals surface area (Å²) in [4.78, 5) is 14.1. The van der Waals surface area contributed by atoms with Crippen molar-refractivity contribution in [3.05, 3.63) is 41.8 Å². The topological polar surface area (TPSA) is 49.0 Å². The zero-order valence-electron chi connectivity index (χ0n) is 11.3. The molecule has 0 spiro atoms. The molecule has 0 unspecified atom stereocenters. The quantitative estimate of drug-likeness (QED) is 0.914. The summed E-state index contributed by atoms with van der Waals surface area (Å²) in [6, 6.07) is 7.79. The summed E-state index contributed by atoms with van der Waals surface area (Å²) in [5.41, 5.74) is 1.93. The van der Waals surface area contributed by atoms with Crippen molar-refractivity contribution in [2.45, 2.75) is 13.3 Å². The third-order valence-corrected chi connectivity index (χ3v) is 3.66. The van der Waals surface area contributed by atoms with E-state index in [1.54, 1.807) is 18.2 Å². The van der Waals surface area contributed by atoms with Crippen molar-refractivity contribution in [3.63, 3.8) is 0 Å². The molecule has 1 aromatic carbocycles. The number of rotatable bonds is 2. The molecule has 1 aliphatic heterocycles. The zero-order chi connectivity index (χ0) is 14.1. The minimum Gasteiger partial charge on any atom is -0.337 e. The predicted molar refractivity (Wildman–Crippen MR) is 73.7 cm³/mol. The number of halogens is 1. The number of hydrogen-bond acceptors (Lipinski definition) is 2. The van der Waals surface area contributed by atoms with E-state index in [0.717, 1.165) is 25.1 Å². The lowest BCUT2D eigenvalue weighted by atomic mass is 10.1. The highest BCUT2D eigenvalue weighted by molar-refractivity contribution is 5.93. The van der Waals surface area contributed by atoms with Gasteiger partial charge in [-0.05, 0) is 42.7 Å². The van der Waals surface area contributed by atoms with Crippen molar-refractivity contribution in [2.24, 2.45) is 5.92 Å². The molecule has 2 heterocycles. The Morgan fingerprint density at radius 2 is 2.15 bits per heavy atom. The van der Waals surface area contributed by atoms with Crippen LogP contribution in [0.3, 0.4) is 0 Å². The number of H-pyrrole nitrogens is 1. The Hall–Kier alpha value is -2.17. The van der Waals surface area contributed by atoms with Crippen molar-refractivity contribution < 1.29 is 9.18 Å². The molecule has 1 fully saturated rings. The van der Waals surface area contributed by atoms with Crippen molar-refractivity contribution in [1.29, 1.82) is 0 Å². The predicted octanol–water partition coefficient (Wildman–Crippen LogP) is 2.70. The summed E-state index contributed by atoms with van der Waals surface area (Å²) in [5.74, 6) is 0.250. The standard InChI is InChI=1S/C15H16FN3O/c1-10-6-7-19(9-10)15(20)14-8-13(17-18-14)11-2-4-12(16)5-3-11/h2-5,8,10H,6-7,9H2,1H3,(H,17,18)/t10-/m1/s1. The molecule has 0 bridgehead atoms. The maximum absolute atomic E-state index is 12.9. The molecule has 1 atom stereocenters. The number of aromatic amines is 1. The van der Waals surface area contributed by atoms with Gasteiger partial charge in [0.05, 0.1) is 5.69 Å². The van der Waals surface area contributed by atoms with Gasteiger partial charge in [0.1, 0.15) is 11.5 Å². The van der Waals surface area contributed by atoms with Crippen LogP contribution in [-0.4, -0.2) is 34.1 Å². The Labute approximate surface area is 116 Å². The molecule has 0 saturated carbocycles. The Morgan fingerprint density at radius 1 is 1.40 bits per heavy atom. The zero-order valence-corrected chi connectivity index (χ0v) is 11.3. The van der Waals surface area contributed by atoms with E-state index in [-0.39, 0.29) is 11.7 Å². The Morgan fingerprint density at radius 3 is 2.80 bits per heavy atom. The van der Waals surface area contributed by atoms with Gasteiger partial charge in [0.25, 0.3) is 5.91 Å². The number of carbonyl (C=O) groups excluding carboxylic acids is 1. The van der Waals surface area contributed by atoms with Crippen molar-refractivity contribution in [1.82, 2.24) is 15.1 Å². The van der Waals surface area contributed by atoms with Gasteiger partial charge in [-0.3, -0.25) is 9.89 Å². The molecule has 20 heavy (non-hydrogen) atoms. The number of nitrogens with one attached hydrogen (secondary N) is 1. The molecule has 1 amide bonds. The fourth-order valence-corrected chi connectivity index (χ4v) is 2.49. The molecule has 0 radical (unpaired) electrons. The van der Waals surface area contributed by atoms with Gasteiger partial charge in [-0.2, -0.15) is 5.10 Å². The maximum Gasteiger partial charge on any atom is 0.271 e. The minimum absolute atomic E-state index is 0.0183. The molecule has 5 heteroatoms. The summed E-state index contributed by atoms with van der Waals surface area (Å²) < 4.78 is 12.9. The van der Waals surface area contributed by atoms with Crippen LogP contribution in [0.5, 0.6) is 0 Å². The van der Waals surface area contributed by atoms with E-state index in [1.807, 2.05) is 4.90 Å². The van der Waals surface area contributed by atoms with Gasteiger partial charge in [0.2, 0.25) is 0 Å². The molecule has 0 aliphatic carbocycles. The number of nitrogens with zero attached hydrogens (tertiary/aromatic N) is 2. The third kappa shape index (κ3) is 2.43. The SMILES string of the molecule is C[C@@H]1CCN(C(=O)c2cc(-c3ccc(F)cc3)n[nH]2)C1. The first-order valence-electron chi connectivity index (χ1n) is 6.74. The Bertz CT molecular complexity index is 620. The Kier molecular flexibility index (Phi) is 3.26. The van der Waals surface area contributed by atoms with Crippen LogP contribution in [0.15, 0.2) is 30.3 Å². The number of amides is 1. The highest BCUT2D eigenvalue weighted by Crippen LogP contribution is 2.21. The lowest BCUT2D eigenvalue weighted by Gasteiger charge is -2.13. The average Bonchev–Trinajstić information content (AvgIpc) is 3.08. The van der Waals surface area contributed by atoms with E-state index in [1.165, 1.54) is 12.1 Å². The number of carbonyl (C=O) groups is 1. The smallest absolute Gasteiger partial charge is 0.271 e. The van der Waals surface area contributed by atoms with Gasteiger partial charge < -0.3 is 4.90 Å². The second-order valence-electron chi connectivity index (χ2n) is 5.32. The molecule has 1 aromatic heterocycles. The number of aromatic nitrogens is 2. The van der Waals surface area contributed by atoms with Crippen molar-refractivity contribution in [3.8, 4) is 11.3 Å². The summed E-state index contributed by atoms with van der Waals surface area (Å²) in [6.07, 6.45) is 1.05. The van der Waals surface area contributed by atoms with Gasteiger partial charge in [0.15, 0.2) is 0 Å². The second kappa shape index (κ2) is 5.07. The van der Waals surface area contributed by atoms with E-state index < -0.39 is 0 Å².